The minimum atomic E-state index is -1.39. The van der Waals surface area contributed by atoms with Crippen LogP contribution in [0.2, 0.25) is 0 Å². The highest BCUT2D eigenvalue weighted by Gasteiger charge is 2.20. The Kier molecular flexibility index (Phi) is 4.63. The van der Waals surface area contributed by atoms with Gasteiger partial charge in [0.2, 0.25) is 5.88 Å². The number of benzene rings is 2. The van der Waals surface area contributed by atoms with Crippen molar-refractivity contribution in [3.8, 4) is 5.88 Å². The van der Waals surface area contributed by atoms with Gasteiger partial charge in [0.05, 0.1) is 10.4 Å². The molecule has 10 nitrogen and oxygen atoms in total. The molecular weight excluding hydrogens is 341 g/mol. The normalized spacial score (nSPS) is 11.0. The van der Waals surface area contributed by atoms with E-state index in [-0.39, 0.29) is 17.3 Å². The molecule has 3 rings (SSSR count). The number of hydrogen-bond acceptors (Lipinski definition) is 7. The number of non-ortho nitro benzene ring substituents is 1. The lowest BCUT2D eigenvalue weighted by Gasteiger charge is -2.06. The predicted molar refractivity (Wildman–Crippen MR) is 94.0 cm³/mol. The van der Waals surface area contributed by atoms with Gasteiger partial charge in [-0.1, -0.05) is 35.4 Å². The van der Waals surface area contributed by atoms with E-state index in [1.807, 2.05) is 0 Å². The fraction of sp³-hybridized carbons (Fsp3) is 0. The molecule has 26 heavy (non-hydrogen) atoms. The van der Waals surface area contributed by atoms with Crippen LogP contribution in [0.15, 0.2) is 58.8 Å². The molecule has 2 aromatic carbocycles. The molecule has 0 saturated heterocycles. The summed E-state index contributed by atoms with van der Waals surface area (Å²) in [6.45, 7) is 0. The Labute approximate surface area is 146 Å². The summed E-state index contributed by atoms with van der Waals surface area (Å²) in [4.78, 5) is 12.8. The number of hydrogen-bond donors (Lipinski definition) is 4. The molecule has 0 radical (unpaired) electrons. The molecule has 1 heterocycles. The highest BCUT2D eigenvalue weighted by molar-refractivity contribution is 6.61. The fourth-order valence-electron chi connectivity index (χ4n) is 2.28. The first-order valence-electron chi connectivity index (χ1n) is 7.34. The summed E-state index contributed by atoms with van der Waals surface area (Å²) in [6.07, 6.45) is 0. The number of aromatic amines is 1. The molecule has 0 aliphatic heterocycles. The number of nitro benzene ring substituents is 1. The summed E-state index contributed by atoms with van der Waals surface area (Å²) in [5, 5.41) is 45.8. The molecule has 0 fully saturated rings. The number of aromatic hydroxyl groups is 1. The topological polar surface area (TPSA) is 157 Å². The van der Waals surface area contributed by atoms with Crippen molar-refractivity contribution in [2.24, 2.45) is 10.2 Å². The fourth-order valence-corrected chi connectivity index (χ4v) is 2.28. The molecule has 0 saturated carbocycles. The zero-order valence-corrected chi connectivity index (χ0v) is 13.2. The molecule has 0 amide bonds. The first-order valence-corrected chi connectivity index (χ1v) is 7.34. The first-order chi connectivity index (χ1) is 12.5. The van der Waals surface area contributed by atoms with Crippen LogP contribution in [0.5, 0.6) is 5.88 Å². The lowest BCUT2D eigenvalue weighted by Crippen LogP contribution is -2.34. The van der Waals surface area contributed by atoms with Gasteiger partial charge in [0, 0.05) is 17.5 Å². The third-order valence-electron chi connectivity index (χ3n) is 3.50. The number of fused-ring (bicyclic) bond motifs is 1. The molecule has 3 aromatic rings. The average molecular weight is 353 g/mol. The van der Waals surface area contributed by atoms with Gasteiger partial charge in [-0.15, -0.1) is 5.11 Å². The van der Waals surface area contributed by atoms with Gasteiger partial charge in [-0.05, 0) is 11.5 Å². The maximum absolute atomic E-state index is 10.8. The van der Waals surface area contributed by atoms with Crippen molar-refractivity contribution in [1.82, 2.24) is 4.98 Å². The van der Waals surface area contributed by atoms with Crippen LogP contribution in [-0.2, 0) is 4.65 Å². The molecule has 130 valence electrons. The van der Waals surface area contributed by atoms with Crippen LogP contribution in [0.3, 0.4) is 0 Å². The molecule has 4 N–H and O–H groups in total. The van der Waals surface area contributed by atoms with E-state index in [0.717, 1.165) is 0 Å². The van der Waals surface area contributed by atoms with E-state index in [4.69, 9.17) is 10.1 Å². The molecule has 0 bridgehead atoms. The number of H-pyrrole nitrogens is 1. The summed E-state index contributed by atoms with van der Waals surface area (Å²) in [5.41, 5.74) is 0.582. The second-order valence-corrected chi connectivity index (χ2v) is 5.20. The third kappa shape index (κ3) is 3.52. The van der Waals surface area contributed by atoms with Gasteiger partial charge in [0.25, 0.3) is 5.69 Å². The Hall–Kier alpha value is -3.73. The van der Waals surface area contributed by atoms with Crippen molar-refractivity contribution in [3.05, 3.63) is 58.6 Å². The van der Waals surface area contributed by atoms with Gasteiger partial charge in [-0.3, -0.25) is 10.1 Å². The molecule has 1 aromatic heterocycles. The van der Waals surface area contributed by atoms with Gasteiger partial charge in [0.15, 0.2) is 5.69 Å². The number of nitrogens with zero attached hydrogens (tertiary/aromatic N) is 3. The van der Waals surface area contributed by atoms with Crippen molar-refractivity contribution < 1.29 is 19.7 Å². The van der Waals surface area contributed by atoms with E-state index in [9.17, 15) is 20.2 Å². The Bertz CT molecular complexity index is 1000. The Morgan fingerprint density at radius 3 is 2.69 bits per heavy atom. The van der Waals surface area contributed by atoms with Gasteiger partial charge >= 0.3 is 13.1 Å². The maximum Gasteiger partial charge on any atom is 0.562 e. The minimum Gasteiger partial charge on any atom is -0.503 e. The number of rotatable bonds is 4. The quantitative estimate of drug-likeness (QED) is 0.141. The van der Waals surface area contributed by atoms with Crippen molar-refractivity contribution in [2.75, 3.05) is 0 Å². The van der Waals surface area contributed by atoms with Crippen LogP contribution in [0.4, 0.5) is 11.4 Å². The van der Waals surface area contributed by atoms with Crippen molar-refractivity contribution in [1.29, 1.82) is 5.41 Å². The van der Waals surface area contributed by atoms with Crippen molar-refractivity contribution in [2.45, 2.75) is 0 Å². The first kappa shape index (κ1) is 17.1. The Morgan fingerprint density at radius 2 is 2.00 bits per heavy atom. The van der Waals surface area contributed by atoms with E-state index < -0.39 is 18.1 Å². The van der Waals surface area contributed by atoms with Gasteiger partial charge < -0.3 is 19.8 Å². The zero-order chi connectivity index (χ0) is 18.7. The number of aromatic nitrogens is 1. The summed E-state index contributed by atoms with van der Waals surface area (Å²) >= 11 is 0. The average Bonchev–Trinajstić information content (AvgIpc) is 2.94. The van der Waals surface area contributed by atoms with Crippen LogP contribution in [0, 0.1) is 15.5 Å². The van der Waals surface area contributed by atoms with Crippen LogP contribution >= 0.6 is 0 Å². The Morgan fingerprint density at radius 1 is 1.27 bits per heavy atom. The van der Waals surface area contributed by atoms with E-state index in [0.29, 0.717) is 16.4 Å². The highest BCUT2D eigenvalue weighted by atomic mass is 16.6. The molecular formula is C15H12BN5O5. The molecule has 0 unspecified atom stereocenters. The SMILES string of the molecule is N=C(N=Nc1c(O)[nH]c2cc([N+](=O)[O-])ccc12)OB(O)c1ccccc1. The van der Waals surface area contributed by atoms with E-state index in [2.05, 4.69) is 15.2 Å². The molecule has 0 atom stereocenters. The van der Waals surface area contributed by atoms with E-state index in [1.165, 1.54) is 18.2 Å². The van der Waals surface area contributed by atoms with Crippen LogP contribution in [0.1, 0.15) is 0 Å². The number of amidine groups is 1. The second-order valence-electron chi connectivity index (χ2n) is 5.20. The van der Waals surface area contributed by atoms with Gasteiger partial charge in [0.1, 0.15) is 0 Å². The molecule has 0 aliphatic rings. The van der Waals surface area contributed by atoms with Crippen LogP contribution in [0.25, 0.3) is 10.9 Å². The second kappa shape index (κ2) is 7.03. The smallest absolute Gasteiger partial charge is 0.503 e. The van der Waals surface area contributed by atoms with E-state index >= 15 is 0 Å². The number of nitro groups is 1. The summed E-state index contributed by atoms with van der Waals surface area (Å²) < 4.78 is 4.93. The van der Waals surface area contributed by atoms with Crippen molar-refractivity contribution >= 4 is 40.9 Å². The Balaban J connectivity index is 1.78. The van der Waals surface area contributed by atoms with Crippen LogP contribution in [-0.4, -0.2) is 33.2 Å². The maximum atomic E-state index is 10.8. The predicted octanol–water partition coefficient (Wildman–Crippen LogP) is 2.20. The number of nitrogens with one attached hydrogen (secondary N) is 2. The molecule has 0 spiro atoms. The van der Waals surface area contributed by atoms with Crippen LogP contribution < -0.4 is 5.46 Å². The lowest BCUT2D eigenvalue weighted by atomic mass is 9.80. The summed E-state index contributed by atoms with van der Waals surface area (Å²) in [5.74, 6) is -0.361. The third-order valence-corrected chi connectivity index (χ3v) is 3.50. The number of azo groups is 1. The van der Waals surface area contributed by atoms with Crippen molar-refractivity contribution in [3.63, 3.8) is 0 Å². The summed E-state index contributed by atoms with van der Waals surface area (Å²) in [6, 6.07) is 11.7. The zero-order valence-electron chi connectivity index (χ0n) is 13.2. The van der Waals surface area contributed by atoms with Gasteiger partial charge in [-0.25, -0.2) is 5.41 Å². The highest BCUT2D eigenvalue weighted by Crippen LogP contribution is 2.36. The summed E-state index contributed by atoms with van der Waals surface area (Å²) in [7, 11) is -1.39. The standard InChI is InChI=1S/C15H12BN5O5/c17-15(26-16(23)9-4-2-1-3-5-9)20-19-13-11-7-6-10(21(24)25)8-12(11)18-14(13)22/h1-8,17-18,22-23H. The lowest BCUT2D eigenvalue weighted by molar-refractivity contribution is -0.384. The monoisotopic (exact) mass is 353 g/mol. The van der Waals surface area contributed by atoms with Gasteiger partial charge in [-0.2, -0.15) is 0 Å². The largest absolute Gasteiger partial charge is 0.562 e. The molecule has 11 heteroatoms. The minimum absolute atomic E-state index is 0.00236. The molecule has 0 aliphatic carbocycles. The van der Waals surface area contributed by atoms with E-state index in [1.54, 1.807) is 30.3 Å².